The van der Waals surface area contributed by atoms with Gasteiger partial charge in [0.2, 0.25) is 0 Å². The van der Waals surface area contributed by atoms with E-state index in [9.17, 15) is 31.6 Å². The number of benzene rings is 1. The lowest BCUT2D eigenvalue weighted by atomic mass is 10.1. The van der Waals surface area contributed by atoms with E-state index in [0.29, 0.717) is 11.1 Å². The van der Waals surface area contributed by atoms with Crippen LogP contribution in [0.4, 0.5) is 23.7 Å². The number of rotatable bonds is 3. The first kappa shape index (κ1) is 19.4. The van der Waals surface area contributed by atoms with Crippen LogP contribution in [0.25, 0.3) is 10.8 Å². The molecule has 1 aromatic heterocycles. The first-order valence-corrected chi connectivity index (χ1v) is 9.98. The van der Waals surface area contributed by atoms with Crippen molar-refractivity contribution in [1.82, 2.24) is 14.2 Å². The van der Waals surface area contributed by atoms with Gasteiger partial charge >= 0.3 is 21.6 Å². The van der Waals surface area contributed by atoms with Gasteiger partial charge in [0.1, 0.15) is 6.04 Å². The summed E-state index contributed by atoms with van der Waals surface area (Å²) in [6.07, 6.45) is 3.07. The third-order valence-electron chi connectivity index (χ3n) is 5.09. The second kappa shape index (κ2) is 6.57. The molecule has 0 unspecified atom stereocenters. The molecule has 0 saturated carbocycles. The SMILES string of the molecule is N#C[C@@H]1CN(C2CN(S(=O)(=O)C(F)(F)F)C2)C(=O)N1c1cncc2ccccc12. The minimum absolute atomic E-state index is 0.0386. The van der Waals surface area contributed by atoms with Crippen LogP contribution in [0.15, 0.2) is 36.7 Å². The molecule has 0 bridgehead atoms. The molecule has 3 heterocycles. The molecule has 2 aromatic rings. The maximum absolute atomic E-state index is 13.0. The number of fused-ring (bicyclic) bond motifs is 1. The van der Waals surface area contributed by atoms with Crippen LogP contribution in [0.2, 0.25) is 0 Å². The van der Waals surface area contributed by atoms with Gasteiger partial charge in [0, 0.05) is 30.1 Å². The zero-order valence-electron chi connectivity index (χ0n) is 14.7. The van der Waals surface area contributed by atoms with E-state index >= 15 is 0 Å². The fourth-order valence-electron chi connectivity index (χ4n) is 3.54. The first-order valence-electron chi connectivity index (χ1n) is 8.54. The van der Waals surface area contributed by atoms with Crippen molar-refractivity contribution in [2.45, 2.75) is 17.6 Å². The number of aromatic nitrogens is 1. The average molecular weight is 425 g/mol. The number of halogens is 3. The number of nitrogens with zero attached hydrogens (tertiary/aromatic N) is 5. The summed E-state index contributed by atoms with van der Waals surface area (Å²) in [6.45, 7) is -0.968. The van der Waals surface area contributed by atoms with Crippen molar-refractivity contribution in [2.75, 3.05) is 24.5 Å². The molecule has 2 amide bonds. The number of nitriles is 1. The summed E-state index contributed by atoms with van der Waals surface area (Å²) in [5, 5.41) is 11.0. The second-order valence-corrected chi connectivity index (χ2v) is 8.68. The Balaban J connectivity index is 1.59. The molecular weight excluding hydrogens is 411 g/mol. The Morgan fingerprint density at radius 1 is 1.14 bits per heavy atom. The quantitative estimate of drug-likeness (QED) is 0.748. The van der Waals surface area contributed by atoms with Crippen LogP contribution < -0.4 is 4.90 Å². The van der Waals surface area contributed by atoms with Crippen LogP contribution in [-0.4, -0.2) is 65.9 Å². The zero-order chi connectivity index (χ0) is 21.0. The van der Waals surface area contributed by atoms with Gasteiger partial charge in [-0.2, -0.15) is 22.7 Å². The Bertz CT molecular complexity index is 1120. The molecule has 29 heavy (non-hydrogen) atoms. The largest absolute Gasteiger partial charge is 0.511 e. The monoisotopic (exact) mass is 425 g/mol. The van der Waals surface area contributed by atoms with Crippen LogP contribution >= 0.6 is 0 Å². The van der Waals surface area contributed by atoms with Crippen molar-refractivity contribution in [3.63, 3.8) is 0 Å². The summed E-state index contributed by atoms with van der Waals surface area (Å²) in [6, 6.07) is 7.02. The Kier molecular flexibility index (Phi) is 4.39. The van der Waals surface area contributed by atoms with Gasteiger partial charge in [-0.05, 0) is 0 Å². The highest BCUT2D eigenvalue weighted by Crippen LogP contribution is 2.35. The third-order valence-corrected chi connectivity index (χ3v) is 6.65. The predicted molar refractivity (Wildman–Crippen MR) is 96.1 cm³/mol. The molecule has 4 rings (SSSR count). The van der Waals surface area contributed by atoms with Gasteiger partial charge in [-0.25, -0.2) is 13.2 Å². The van der Waals surface area contributed by atoms with Gasteiger partial charge < -0.3 is 4.90 Å². The first-order chi connectivity index (χ1) is 13.6. The number of hydrogen-bond acceptors (Lipinski definition) is 5. The van der Waals surface area contributed by atoms with Crippen molar-refractivity contribution in [3.8, 4) is 6.07 Å². The van der Waals surface area contributed by atoms with Gasteiger partial charge in [0.25, 0.3) is 0 Å². The molecule has 0 radical (unpaired) electrons. The summed E-state index contributed by atoms with van der Waals surface area (Å²) in [5.74, 6) is 0. The lowest BCUT2D eigenvalue weighted by molar-refractivity contribution is -0.0526. The second-order valence-electron chi connectivity index (χ2n) is 6.75. The van der Waals surface area contributed by atoms with Crippen LogP contribution in [0.1, 0.15) is 0 Å². The number of urea groups is 1. The predicted octanol–water partition coefficient (Wildman–Crippen LogP) is 1.90. The van der Waals surface area contributed by atoms with Crippen LogP contribution in [-0.2, 0) is 10.0 Å². The van der Waals surface area contributed by atoms with Crippen molar-refractivity contribution in [3.05, 3.63) is 36.7 Å². The standard InChI is InChI=1S/C17H14F3N5O3S/c18-17(19,20)29(27,28)23-8-13(9-23)24-10-12(5-21)25(16(24)26)15-7-22-6-11-3-1-2-4-14(11)15/h1-4,6-7,12-13H,8-10H2/t12-/m1/s1. The zero-order valence-corrected chi connectivity index (χ0v) is 15.6. The maximum atomic E-state index is 13.0. The number of carbonyl (C=O) groups is 1. The fraction of sp³-hybridized carbons (Fsp3) is 0.353. The highest BCUT2D eigenvalue weighted by Gasteiger charge is 2.56. The summed E-state index contributed by atoms with van der Waals surface area (Å²) < 4.78 is 61.2. The van der Waals surface area contributed by atoms with Crippen LogP contribution in [0, 0.1) is 11.3 Å². The van der Waals surface area contributed by atoms with Gasteiger partial charge in [-0.1, -0.05) is 24.3 Å². The number of carbonyl (C=O) groups excluding carboxylic acids is 1. The molecule has 1 atom stereocenters. The minimum Gasteiger partial charge on any atom is -0.315 e. The van der Waals surface area contributed by atoms with E-state index in [-0.39, 0.29) is 10.8 Å². The Morgan fingerprint density at radius 3 is 2.48 bits per heavy atom. The van der Waals surface area contributed by atoms with Crippen molar-refractivity contribution >= 4 is 32.5 Å². The Hall–Kier alpha value is -2.91. The molecule has 0 N–H and O–H groups in total. The van der Waals surface area contributed by atoms with Crippen LogP contribution in [0.5, 0.6) is 0 Å². The topological polar surface area (TPSA) is 97.6 Å². The number of pyridine rings is 1. The maximum Gasteiger partial charge on any atom is 0.511 e. The molecule has 1 aromatic carbocycles. The molecule has 0 spiro atoms. The molecule has 2 aliphatic heterocycles. The molecule has 8 nitrogen and oxygen atoms in total. The van der Waals surface area contributed by atoms with E-state index in [0.717, 1.165) is 5.39 Å². The van der Waals surface area contributed by atoms with E-state index in [1.807, 2.05) is 6.07 Å². The number of anilines is 1. The molecular formula is C17H14F3N5O3S. The van der Waals surface area contributed by atoms with Gasteiger partial charge in [-0.3, -0.25) is 9.88 Å². The van der Waals surface area contributed by atoms with E-state index in [2.05, 4.69) is 4.98 Å². The Morgan fingerprint density at radius 2 is 1.83 bits per heavy atom. The van der Waals surface area contributed by atoms with E-state index in [4.69, 9.17) is 0 Å². The van der Waals surface area contributed by atoms with Gasteiger partial charge in [-0.15, -0.1) is 0 Å². The number of amides is 2. The molecule has 152 valence electrons. The summed E-state index contributed by atoms with van der Waals surface area (Å²) in [5.41, 5.74) is -4.97. The summed E-state index contributed by atoms with van der Waals surface area (Å²) in [4.78, 5) is 19.6. The van der Waals surface area contributed by atoms with Crippen molar-refractivity contribution in [2.24, 2.45) is 0 Å². The number of alkyl halides is 3. The lowest BCUT2D eigenvalue weighted by Crippen LogP contribution is -2.63. The summed E-state index contributed by atoms with van der Waals surface area (Å²) >= 11 is 0. The van der Waals surface area contributed by atoms with Gasteiger partial charge in [0.15, 0.2) is 0 Å². The molecule has 0 aliphatic carbocycles. The Labute approximate surface area is 163 Å². The third kappa shape index (κ3) is 2.97. The summed E-state index contributed by atoms with van der Waals surface area (Å²) in [7, 11) is -5.43. The van der Waals surface area contributed by atoms with E-state index in [1.165, 1.54) is 16.0 Å². The average Bonchev–Trinajstić information content (AvgIpc) is 2.95. The molecule has 2 saturated heterocycles. The smallest absolute Gasteiger partial charge is 0.315 e. The fourth-order valence-corrected chi connectivity index (χ4v) is 4.57. The highest BCUT2D eigenvalue weighted by molar-refractivity contribution is 7.90. The number of sulfonamides is 1. The minimum atomic E-state index is -5.43. The van der Waals surface area contributed by atoms with E-state index in [1.54, 1.807) is 30.5 Å². The normalized spacial score (nSPS) is 21.4. The molecule has 12 heteroatoms. The van der Waals surface area contributed by atoms with Crippen LogP contribution in [0.3, 0.4) is 0 Å². The van der Waals surface area contributed by atoms with E-state index < -0.39 is 46.7 Å². The van der Waals surface area contributed by atoms with Gasteiger partial charge in [0.05, 0.1) is 30.5 Å². The van der Waals surface area contributed by atoms with Crippen molar-refractivity contribution < 1.29 is 26.4 Å². The highest BCUT2D eigenvalue weighted by atomic mass is 32.2. The lowest BCUT2D eigenvalue weighted by Gasteiger charge is -2.42. The molecule has 2 fully saturated rings. The number of hydrogen-bond donors (Lipinski definition) is 0. The van der Waals surface area contributed by atoms with Crippen molar-refractivity contribution in [1.29, 1.82) is 5.26 Å². The molecule has 2 aliphatic rings.